The minimum Gasteiger partial charge on any atom is -0.312 e. The van der Waals surface area contributed by atoms with Crippen molar-refractivity contribution >= 4 is 23.3 Å². The highest BCUT2D eigenvalue weighted by atomic mass is 32.1. The second-order valence-electron chi connectivity index (χ2n) is 3.54. The van der Waals surface area contributed by atoms with Gasteiger partial charge in [-0.15, -0.1) is 0 Å². The number of hydrogen-bond donors (Lipinski definition) is 2. The van der Waals surface area contributed by atoms with Crippen molar-refractivity contribution in [1.82, 2.24) is 19.7 Å². The maximum atomic E-state index is 11.6. The molecule has 3 rings (SSSR count). The fourth-order valence-electron chi connectivity index (χ4n) is 1.74. The summed E-state index contributed by atoms with van der Waals surface area (Å²) >= 11 is 5.13. The van der Waals surface area contributed by atoms with Gasteiger partial charge in [0.25, 0.3) is 5.56 Å². The molecule has 2 aromatic heterocycles. The predicted molar refractivity (Wildman–Crippen MR) is 66.9 cm³/mol. The molecule has 1 aromatic carbocycles. The quantitative estimate of drug-likeness (QED) is 0.641. The fraction of sp³-hybridized carbons (Fsp3) is 0. The van der Waals surface area contributed by atoms with Gasteiger partial charge in [-0.2, -0.15) is 0 Å². The lowest BCUT2D eigenvalue weighted by Crippen LogP contribution is -2.06. The van der Waals surface area contributed by atoms with Crippen LogP contribution >= 0.6 is 12.2 Å². The zero-order valence-corrected chi connectivity index (χ0v) is 9.49. The topological polar surface area (TPSA) is 66.5 Å². The molecule has 0 aliphatic heterocycles. The fourth-order valence-corrected chi connectivity index (χ4v) is 2.01. The summed E-state index contributed by atoms with van der Waals surface area (Å²) < 4.78 is 2.09. The second kappa shape index (κ2) is 3.67. The van der Waals surface area contributed by atoms with Gasteiger partial charge < -0.3 is 4.98 Å². The van der Waals surface area contributed by atoms with Gasteiger partial charge in [0.05, 0.1) is 12.0 Å². The van der Waals surface area contributed by atoms with Crippen molar-refractivity contribution in [2.75, 3.05) is 0 Å². The molecule has 17 heavy (non-hydrogen) atoms. The average molecular weight is 244 g/mol. The lowest BCUT2D eigenvalue weighted by Gasteiger charge is -2.02. The molecular formula is C11H8N4OS. The van der Waals surface area contributed by atoms with Crippen LogP contribution < -0.4 is 5.56 Å². The van der Waals surface area contributed by atoms with Gasteiger partial charge in [0.15, 0.2) is 5.65 Å². The molecular weight excluding hydrogens is 236 g/mol. The van der Waals surface area contributed by atoms with E-state index in [2.05, 4.69) is 15.1 Å². The number of H-pyrrole nitrogens is 2. The number of nitrogens with zero attached hydrogens (tertiary/aromatic N) is 2. The highest BCUT2D eigenvalue weighted by molar-refractivity contribution is 7.71. The Balaban J connectivity index is 2.44. The number of nitrogens with one attached hydrogen (secondary N) is 2. The molecule has 0 saturated heterocycles. The largest absolute Gasteiger partial charge is 0.312 e. The zero-order valence-electron chi connectivity index (χ0n) is 8.68. The molecule has 84 valence electrons. The summed E-state index contributed by atoms with van der Waals surface area (Å²) in [6.07, 6.45) is 1.37. The lowest BCUT2D eigenvalue weighted by atomic mass is 10.3. The third-order valence-corrected chi connectivity index (χ3v) is 2.80. The van der Waals surface area contributed by atoms with Crippen LogP contribution in [0, 0.1) is 4.64 Å². The first-order chi connectivity index (χ1) is 8.27. The molecule has 2 N–H and O–H groups in total. The summed E-state index contributed by atoms with van der Waals surface area (Å²) in [4.78, 5) is 18.3. The number of aromatic nitrogens is 4. The molecule has 0 amide bonds. The number of hydrogen-bond acceptors (Lipinski definition) is 3. The van der Waals surface area contributed by atoms with Crippen LogP contribution in [0.4, 0.5) is 0 Å². The van der Waals surface area contributed by atoms with Gasteiger partial charge in [-0.05, 0) is 12.1 Å². The van der Waals surface area contributed by atoms with Crippen molar-refractivity contribution in [1.29, 1.82) is 0 Å². The monoisotopic (exact) mass is 244 g/mol. The molecule has 0 fully saturated rings. The van der Waals surface area contributed by atoms with Crippen LogP contribution in [0.25, 0.3) is 16.7 Å². The molecule has 0 spiro atoms. The van der Waals surface area contributed by atoms with Crippen LogP contribution in [0.3, 0.4) is 0 Å². The summed E-state index contributed by atoms with van der Waals surface area (Å²) in [5, 5.41) is 3.37. The van der Waals surface area contributed by atoms with E-state index in [1.807, 2.05) is 30.3 Å². The first-order valence-electron chi connectivity index (χ1n) is 5.01. The van der Waals surface area contributed by atoms with Crippen LogP contribution in [0.1, 0.15) is 0 Å². The predicted octanol–water partition coefficient (Wildman–Crippen LogP) is 1.77. The Morgan fingerprint density at radius 2 is 2.00 bits per heavy atom. The van der Waals surface area contributed by atoms with Crippen molar-refractivity contribution in [3.05, 3.63) is 51.7 Å². The zero-order chi connectivity index (χ0) is 11.8. The SMILES string of the molecule is O=c1[nH]cnc2c1c(=S)[nH]n2-c1ccccc1. The van der Waals surface area contributed by atoms with E-state index < -0.39 is 0 Å². The van der Waals surface area contributed by atoms with E-state index in [1.54, 1.807) is 4.68 Å². The Labute approximate surface area is 101 Å². The van der Waals surface area contributed by atoms with Crippen LogP contribution in [-0.2, 0) is 0 Å². The van der Waals surface area contributed by atoms with Crippen molar-refractivity contribution < 1.29 is 0 Å². The maximum absolute atomic E-state index is 11.6. The Morgan fingerprint density at radius 3 is 2.76 bits per heavy atom. The summed E-state index contributed by atoms with van der Waals surface area (Å²) in [6.45, 7) is 0. The van der Waals surface area contributed by atoms with Gasteiger partial charge in [-0.3, -0.25) is 9.89 Å². The molecule has 0 aliphatic carbocycles. The minimum atomic E-state index is -0.231. The molecule has 0 bridgehead atoms. The molecule has 6 heteroatoms. The average Bonchev–Trinajstić information content (AvgIpc) is 2.69. The molecule has 2 heterocycles. The van der Waals surface area contributed by atoms with Gasteiger partial charge in [0.1, 0.15) is 10.0 Å². The summed E-state index contributed by atoms with van der Waals surface area (Å²) in [7, 11) is 0. The Kier molecular flexibility index (Phi) is 2.15. The number of fused-ring (bicyclic) bond motifs is 1. The van der Waals surface area contributed by atoms with Crippen molar-refractivity contribution in [2.45, 2.75) is 0 Å². The molecule has 0 unspecified atom stereocenters. The molecule has 0 saturated carbocycles. The van der Waals surface area contributed by atoms with Gasteiger partial charge in [0.2, 0.25) is 0 Å². The molecule has 0 aliphatic rings. The van der Waals surface area contributed by atoms with E-state index in [4.69, 9.17) is 12.2 Å². The molecule has 0 atom stereocenters. The van der Waals surface area contributed by atoms with Crippen molar-refractivity contribution in [3.63, 3.8) is 0 Å². The Bertz CT molecular complexity index is 784. The maximum Gasteiger partial charge on any atom is 0.263 e. The van der Waals surface area contributed by atoms with Gasteiger partial charge >= 0.3 is 0 Å². The summed E-state index contributed by atoms with van der Waals surface area (Å²) in [6, 6.07) is 9.56. The van der Waals surface area contributed by atoms with E-state index >= 15 is 0 Å². The van der Waals surface area contributed by atoms with E-state index in [1.165, 1.54) is 6.33 Å². The number of benzene rings is 1. The standard InChI is InChI=1S/C11H8N4OS/c16-10-8-9(12-6-13-10)15(14-11(8)17)7-4-2-1-3-5-7/h1-6H,(H,14,17)(H,12,13,16). The number of rotatable bonds is 1. The van der Waals surface area contributed by atoms with Gasteiger partial charge in [-0.1, -0.05) is 30.4 Å². The van der Waals surface area contributed by atoms with Gasteiger partial charge in [-0.25, -0.2) is 9.67 Å². The summed E-state index contributed by atoms with van der Waals surface area (Å²) in [5.74, 6) is 0. The molecule has 5 nitrogen and oxygen atoms in total. The first-order valence-corrected chi connectivity index (χ1v) is 5.42. The summed E-state index contributed by atoms with van der Waals surface area (Å²) in [5.41, 5.74) is 1.18. The van der Waals surface area contributed by atoms with E-state index in [9.17, 15) is 4.79 Å². The Hall–Kier alpha value is -2.21. The van der Waals surface area contributed by atoms with Crippen LogP contribution in [0.5, 0.6) is 0 Å². The number of aromatic amines is 2. The smallest absolute Gasteiger partial charge is 0.263 e. The van der Waals surface area contributed by atoms with E-state index in [-0.39, 0.29) is 5.56 Å². The lowest BCUT2D eigenvalue weighted by molar-refractivity contribution is 0.888. The van der Waals surface area contributed by atoms with Crippen LogP contribution in [0.15, 0.2) is 41.5 Å². The van der Waals surface area contributed by atoms with Crippen LogP contribution in [-0.4, -0.2) is 19.7 Å². The van der Waals surface area contributed by atoms with E-state index in [0.29, 0.717) is 15.7 Å². The Morgan fingerprint density at radius 1 is 1.24 bits per heavy atom. The van der Waals surface area contributed by atoms with Crippen molar-refractivity contribution in [3.8, 4) is 5.69 Å². The van der Waals surface area contributed by atoms with Crippen LogP contribution in [0.2, 0.25) is 0 Å². The van der Waals surface area contributed by atoms with Gasteiger partial charge in [0, 0.05) is 0 Å². The normalized spacial score (nSPS) is 10.8. The molecule has 3 aromatic rings. The minimum absolute atomic E-state index is 0.231. The van der Waals surface area contributed by atoms with Crippen molar-refractivity contribution in [2.24, 2.45) is 0 Å². The third-order valence-electron chi connectivity index (χ3n) is 2.50. The third kappa shape index (κ3) is 1.50. The van der Waals surface area contributed by atoms with E-state index in [0.717, 1.165) is 5.69 Å². The first kappa shape index (κ1) is 9.98. The molecule has 0 radical (unpaired) electrons. The second-order valence-corrected chi connectivity index (χ2v) is 3.95. The highest BCUT2D eigenvalue weighted by Gasteiger charge is 2.09. The number of para-hydroxylation sites is 1. The highest BCUT2D eigenvalue weighted by Crippen LogP contribution is 2.13.